The third kappa shape index (κ3) is 4.87. The van der Waals surface area contributed by atoms with Crippen molar-refractivity contribution in [2.45, 2.75) is 32.4 Å². The van der Waals surface area contributed by atoms with E-state index >= 15 is 0 Å². The topological polar surface area (TPSA) is 6.48 Å². The first-order valence-electron chi connectivity index (χ1n) is 8.16. The van der Waals surface area contributed by atoms with E-state index in [0.717, 1.165) is 13.1 Å². The van der Waals surface area contributed by atoms with Crippen LogP contribution in [0.2, 0.25) is 0 Å². The Morgan fingerprint density at radius 2 is 1.23 bits per heavy atom. The molecule has 1 fully saturated rings. The maximum Gasteiger partial charge on any atom is 0.0356 e. The molecule has 0 aromatic heterocycles. The molecule has 1 heterocycles. The zero-order valence-corrected chi connectivity index (χ0v) is 13.8. The third-order valence-corrected chi connectivity index (χ3v) is 5.03. The lowest BCUT2D eigenvalue weighted by atomic mass is 10.2. The van der Waals surface area contributed by atoms with E-state index in [9.17, 15) is 0 Å². The lowest BCUT2D eigenvalue weighted by molar-refractivity contribution is 0.352. The Bertz CT molecular complexity index is 496. The molecule has 1 saturated heterocycles. The van der Waals surface area contributed by atoms with Gasteiger partial charge in [0.15, 0.2) is 0 Å². The maximum absolute atomic E-state index is 2.52. The summed E-state index contributed by atoms with van der Waals surface area (Å²) in [6.45, 7) is 4.39. The fraction of sp³-hybridized carbons (Fsp3) is 0.368. The number of hydrogen-bond donors (Lipinski definition) is 0. The first kappa shape index (κ1) is 15.6. The van der Waals surface area contributed by atoms with Gasteiger partial charge in [-0.2, -0.15) is 0 Å². The zero-order chi connectivity index (χ0) is 15.0. The number of rotatable bonds is 6. The summed E-state index contributed by atoms with van der Waals surface area (Å²) in [7, 11) is 0. The Balaban J connectivity index is 1.66. The van der Waals surface area contributed by atoms with E-state index in [1.54, 1.807) is 0 Å². The van der Waals surface area contributed by atoms with Crippen LogP contribution in [0.1, 0.15) is 30.4 Å². The highest BCUT2D eigenvalue weighted by Gasteiger charge is 2.16. The molecule has 116 valence electrons. The third-order valence-electron chi connectivity index (χ3n) is 3.95. The molecule has 22 heavy (non-hydrogen) atoms. The Morgan fingerprint density at radius 3 is 1.73 bits per heavy atom. The predicted octanol–water partition coefficient (Wildman–Crippen LogP) is 4.74. The Morgan fingerprint density at radius 1 is 0.727 bits per heavy atom. The molecule has 0 spiro atoms. The summed E-state index contributed by atoms with van der Waals surface area (Å²) in [5, 5.41) is 0. The molecule has 3 rings (SSSR count). The van der Waals surface area contributed by atoms with Gasteiger partial charge in [-0.05, 0) is 24.0 Å². The minimum absolute atomic E-state index is 0.983. The van der Waals surface area contributed by atoms with Crippen molar-refractivity contribution in [1.29, 1.82) is 0 Å². The number of benzene rings is 2. The molecule has 0 N–H and O–H groups in total. The van der Waals surface area contributed by atoms with Gasteiger partial charge in [-0.3, -0.25) is 0 Å². The van der Waals surface area contributed by atoms with E-state index in [2.05, 4.69) is 69.3 Å². The van der Waals surface area contributed by atoms with Crippen LogP contribution in [0.15, 0.2) is 60.7 Å². The van der Waals surface area contributed by atoms with Crippen molar-refractivity contribution in [3.8, 4) is 0 Å². The highest BCUT2D eigenvalue weighted by Crippen LogP contribution is 2.25. The molecular weight excluding hydrogens is 288 g/mol. The van der Waals surface area contributed by atoms with Crippen LogP contribution in [0.4, 0.5) is 0 Å². The summed E-state index contributed by atoms with van der Waals surface area (Å²) in [6, 6.07) is 21.5. The number of nitrogens with zero attached hydrogens (tertiary/aromatic N) is 2. The average Bonchev–Trinajstić information content (AvgIpc) is 2.57. The molecule has 0 radical (unpaired) electrons. The van der Waals surface area contributed by atoms with Crippen molar-refractivity contribution in [1.82, 2.24) is 8.61 Å². The fourth-order valence-electron chi connectivity index (χ4n) is 2.80. The predicted molar refractivity (Wildman–Crippen MR) is 95.1 cm³/mol. The Kier molecular flexibility index (Phi) is 5.94. The van der Waals surface area contributed by atoms with Gasteiger partial charge in [-0.15, -0.1) is 0 Å². The van der Waals surface area contributed by atoms with Crippen LogP contribution < -0.4 is 0 Å². The van der Waals surface area contributed by atoms with E-state index in [0.29, 0.717) is 0 Å². The second-order valence-electron chi connectivity index (χ2n) is 5.84. The van der Waals surface area contributed by atoms with Gasteiger partial charge in [0.05, 0.1) is 0 Å². The molecule has 0 bridgehead atoms. The summed E-state index contributed by atoms with van der Waals surface area (Å²) in [6.07, 6.45) is 4.05. The van der Waals surface area contributed by atoms with Crippen molar-refractivity contribution in [3.63, 3.8) is 0 Å². The molecule has 0 atom stereocenters. The molecule has 0 saturated carbocycles. The molecule has 0 unspecified atom stereocenters. The van der Waals surface area contributed by atoms with Gasteiger partial charge in [0.1, 0.15) is 0 Å². The highest BCUT2D eigenvalue weighted by atomic mass is 32.2. The minimum Gasteiger partial charge on any atom is -0.237 e. The lowest BCUT2D eigenvalue weighted by Gasteiger charge is -2.31. The summed E-state index contributed by atoms with van der Waals surface area (Å²) in [5.41, 5.74) is 2.76. The van der Waals surface area contributed by atoms with Crippen molar-refractivity contribution < 1.29 is 0 Å². The smallest absolute Gasteiger partial charge is 0.0356 e. The second kappa shape index (κ2) is 8.37. The molecule has 0 amide bonds. The zero-order valence-electron chi connectivity index (χ0n) is 13.0. The van der Waals surface area contributed by atoms with Crippen LogP contribution in [0.5, 0.6) is 0 Å². The van der Waals surface area contributed by atoms with Crippen LogP contribution in [-0.2, 0) is 13.1 Å². The first-order valence-corrected chi connectivity index (χ1v) is 8.89. The number of piperidine rings is 1. The quantitative estimate of drug-likeness (QED) is 0.712. The normalized spacial score (nSPS) is 16.0. The van der Waals surface area contributed by atoms with Crippen molar-refractivity contribution in [2.75, 3.05) is 13.1 Å². The van der Waals surface area contributed by atoms with Gasteiger partial charge in [-0.1, -0.05) is 67.1 Å². The molecule has 0 aliphatic carbocycles. The maximum atomic E-state index is 2.52. The molecular formula is C19H24N2S. The molecule has 2 aromatic rings. The van der Waals surface area contributed by atoms with Crippen LogP contribution in [-0.4, -0.2) is 21.7 Å². The minimum atomic E-state index is 0.983. The van der Waals surface area contributed by atoms with Gasteiger partial charge in [-0.25, -0.2) is 8.61 Å². The summed E-state index contributed by atoms with van der Waals surface area (Å²) in [4.78, 5) is 0. The largest absolute Gasteiger partial charge is 0.237 e. The fourth-order valence-corrected chi connectivity index (χ4v) is 3.96. The second-order valence-corrected chi connectivity index (χ2v) is 7.04. The molecule has 2 aromatic carbocycles. The first-order chi connectivity index (χ1) is 10.9. The van der Waals surface area contributed by atoms with Crippen molar-refractivity contribution in [3.05, 3.63) is 71.8 Å². The van der Waals surface area contributed by atoms with Gasteiger partial charge in [0.25, 0.3) is 0 Å². The van der Waals surface area contributed by atoms with Crippen molar-refractivity contribution in [2.24, 2.45) is 0 Å². The Labute approximate surface area is 138 Å². The lowest BCUT2D eigenvalue weighted by Crippen LogP contribution is -2.29. The SMILES string of the molecule is c1ccc(CN(Cc2ccccc2)SN2CCCCC2)cc1. The molecule has 1 aliphatic heterocycles. The van der Waals surface area contributed by atoms with E-state index in [1.807, 2.05) is 12.1 Å². The van der Waals surface area contributed by atoms with E-state index in [4.69, 9.17) is 0 Å². The molecule has 2 nitrogen and oxygen atoms in total. The summed E-state index contributed by atoms with van der Waals surface area (Å²) < 4.78 is 5.01. The van der Waals surface area contributed by atoms with Crippen molar-refractivity contribution >= 4 is 12.1 Å². The van der Waals surface area contributed by atoms with Gasteiger partial charge < -0.3 is 0 Å². The van der Waals surface area contributed by atoms with Crippen LogP contribution in [0.3, 0.4) is 0 Å². The molecule has 1 aliphatic rings. The number of hydrogen-bond acceptors (Lipinski definition) is 3. The summed E-state index contributed by atoms with van der Waals surface area (Å²) in [5.74, 6) is 0. The average molecular weight is 312 g/mol. The van der Waals surface area contributed by atoms with Crippen LogP contribution in [0.25, 0.3) is 0 Å². The van der Waals surface area contributed by atoms with E-state index in [-0.39, 0.29) is 0 Å². The highest BCUT2D eigenvalue weighted by molar-refractivity contribution is 7.94. The van der Waals surface area contributed by atoms with Crippen LogP contribution in [0, 0.1) is 0 Å². The van der Waals surface area contributed by atoms with E-state index in [1.165, 1.54) is 43.5 Å². The molecule has 3 heteroatoms. The van der Waals surface area contributed by atoms with Crippen LogP contribution >= 0.6 is 12.1 Å². The summed E-state index contributed by atoms with van der Waals surface area (Å²) >= 11 is 1.92. The van der Waals surface area contributed by atoms with E-state index < -0.39 is 0 Å². The van der Waals surface area contributed by atoms with Gasteiger partial charge in [0.2, 0.25) is 0 Å². The van der Waals surface area contributed by atoms with Gasteiger partial charge in [0, 0.05) is 38.3 Å². The standard InChI is InChI=1S/C19H24N2S/c1-4-10-18(11-5-1)16-21(17-19-12-6-2-7-13-19)22-20-14-8-3-9-15-20/h1-2,4-7,10-13H,3,8-9,14-17H2. The monoisotopic (exact) mass is 312 g/mol. The van der Waals surface area contributed by atoms with Gasteiger partial charge >= 0.3 is 0 Å². The Hall–Kier alpha value is -1.29.